The Hall–Kier alpha value is -1.71. The quantitative estimate of drug-likeness (QED) is 0.556. The van der Waals surface area contributed by atoms with Crippen molar-refractivity contribution < 1.29 is 14.3 Å². The summed E-state index contributed by atoms with van der Waals surface area (Å²) >= 11 is 0. The van der Waals surface area contributed by atoms with Crippen molar-refractivity contribution in [1.82, 2.24) is 4.98 Å². The van der Waals surface area contributed by atoms with Crippen LogP contribution in [-0.4, -0.2) is 22.8 Å². The molecule has 15 heavy (non-hydrogen) atoms. The van der Waals surface area contributed by atoms with Crippen molar-refractivity contribution in [3.8, 4) is 0 Å². The van der Waals surface area contributed by atoms with E-state index < -0.39 is 6.10 Å². The smallest absolute Gasteiger partial charge is 0.306 e. The third-order valence-electron chi connectivity index (χ3n) is 1.88. The molecule has 0 saturated carbocycles. The molecule has 0 radical (unpaired) electrons. The molecule has 1 rings (SSSR count). The van der Waals surface area contributed by atoms with E-state index in [0.29, 0.717) is 5.69 Å². The summed E-state index contributed by atoms with van der Waals surface area (Å²) in [6.45, 7) is 3.23. The second-order valence-electron chi connectivity index (χ2n) is 3.06. The molecule has 1 unspecified atom stereocenters. The highest BCUT2D eigenvalue weighted by molar-refractivity contribution is 5.98. The Bertz CT molecular complexity index is 348. The molecule has 1 aromatic rings. The van der Waals surface area contributed by atoms with Crippen LogP contribution in [0.15, 0.2) is 24.4 Å². The fraction of sp³-hybridized carbons (Fsp3) is 0.364. The summed E-state index contributed by atoms with van der Waals surface area (Å²) < 4.78 is 4.89. The van der Waals surface area contributed by atoms with Gasteiger partial charge in [-0.15, -0.1) is 0 Å². The van der Waals surface area contributed by atoms with Gasteiger partial charge in [-0.05, 0) is 19.1 Å². The predicted octanol–water partition coefficient (Wildman–Crippen LogP) is 1.61. The lowest BCUT2D eigenvalue weighted by molar-refractivity contribution is -0.145. The molecule has 1 atom stereocenters. The topological polar surface area (TPSA) is 56.3 Å². The number of aromatic nitrogens is 1. The zero-order chi connectivity index (χ0) is 11.3. The number of nitrogens with zero attached hydrogens (tertiary/aromatic N) is 1. The van der Waals surface area contributed by atoms with Crippen LogP contribution in [0.2, 0.25) is 0 Å². The van der Waals surface area contributed by atoms with E-state index in [-0.39, 0.29) is 18.2 Å². The maximum Gasteiger partial charge on any atom is 0.306 e. The molecule has 0 aliphatic carbocycles. The summed E-state index contributed by atoms with van der Waals surface area (Å²) in [5.41, 5.74) is 0.314. The molecule has 0 aliphatic rings. The summed E-state index contributed by atoms with van der Waals surface area (Å²) in [6.07, 6.45) is 1.02. The Morgan fingerprint density at radius 1 is 1.47 bits per heavy atom. The van der Waals surface area contributed by atoms with Crippen LogP contribution in [0.5, 0.6) is 0 Å². The number of ether oxygens (including phenoxy) is 1. The van der Waals surface area contributed by atoms with E-state index in [2.05, 4.69) is 4.98 Å². The molecule has 0 bridgehead atoms. The van der Waals surface area contributed by atoms with E-state index in [4.69, 9.17) is 4.74 Å². The Balaban J connectivity index is 2.65. The van der Waals surface area contributed by atoms with E-state index in [1.54, 1.807) is 32.0 Å². The van der Waals surface area contributed by atoms with Gasteiger partial charge in [-0.2, -0.15) is 0 Å². The lowest BCUT2D eigenvalue weighted by Gasteiger charge is -2.10. The SMILES string of the molecule is CCC(=O)OC(C)C(=O)c1ccccn1. The fourth-order valence-corrected chi connectivity index (χ4v) is 1.05. The van der Waals surface area contributed by atoms with Gasteiger partial charge in [-0.1, -0.05) is 13.0 Å². The Morgan fingerprint density at radius 2 is 2.20 bits per heavy atom. The zero-order valence-corrected chi connectivity index (χ0v) is 8.77. The number of rotatable bonds is 4. The molecule has 0 aromatic carbocycles. The first kappa shape index (κ1) is 11.4. The Kier molecular flexibility index (Phi) is 3.97. The van der Waals surface area contributed by atoms with Gasteiger partial charge < -0.3 is 4.74 Å². The monoisotopic (exact) mass is 207 g/mol. The third-order valence-corrected chi connectivity index (χ3v) is 1.88. The maximum atomic E-state index is 11.7. The highest BCUT2D eigenvalue weighted by atomic mass is 16.5. The van der Waals surface area contributed by atoms with Gasteiger partial charge in [0.1, 0.15) is 5.69 Å². The van der Waals surface area contributed by atoms with Crippen molar-refractivity contribution in [2.45, 2.75) is 26.4 Å². The molecule has 0 fully saturated rings. The molecule has 0 saturated heterocycles. The van der Waals surface area contributed by atoms with Gasteiger partial charge in [0.2, 0.25) is 5.78 Å². The molecule has 0 amide bonds. The number of pyridine rings is 1. The number of carbonyl (C=O) groups excluding carboxylic acids is 2. The van der Waals surface area contributed by atoms with E-state index in [9.17, 15) is 9.59 Å². The molecular formula is C11H13NO3. The normalized spacial score (nSPS) is 11.9. The summed E-state index contributed by atoms with van der Waals surface area (Å²) in [6, 6.07) is 5.03. The minimum atomic E-state index is -0.771. The number of hydrogen-bond acceptors (Lipinski definition) is 4. The van der Waals surface area contributed by atoms with E-state index in [1.807, 2.05) is 0 Å². The van der Waals surface area contributed by atoms with Crippen LogP contribution >= 0.6 is 0 Å². The lowest BCUT2D eigenvalue weighted by Crippen LogP contribution is -2.24. The number of carbonyl (C=O) groups is 2. The predicted molar refractivity (Wildman–Crippen MR) is 54.4 cm³/mol. The van der Waals surface area contributed by atoms with Crippen molar-refractivity contribution >= 4 is 11.8 Å². The Morgan fingerprint density at radius 3 is 2.73 bits per heavy atom. The first-order valence-corrected chi connectivity index (χ1v) is 4.80. The van der Waals surface area contributed by atoms with Crippen LogP contribution in [0, 0.1) is 0 Å². The molecule has 80 valence electrons. The molecule has 1 aromatic heterocycles. The van der Waals surface area contributed by atoms with Gasteiger partial charge in [0.05, 0.1) is 0 Å². The molecule has 0 N–H and O–H groups in total. The number of Topliss-reactive ketones (excluding diaryl/α,β-unsaturated/α-hetero) is 1. The average Bonchev–Trinajstić information content (AvgIpc) is 2.29. The van der Waals surface area contributed by atoms with Gasteiger partial charge in [0.25, 0.3) is 0 Å². The first-order valence-electron chi connectivity index (χ1n) is 4.80. The van der Waals surface area contributed by atoms with Gasteiger partial charge in [-0.3, -0.25) is 14.6 Å². The summed E-state index contributed by atoms with van der Waals surface area (Å²) in [7, 11) is 0. The van der Waals surface area contributed by atoms with E-state index in [1.165, 1.54) is 6.20 Å². The average molecular weight is 207 g/mol. The fourth-order valence-electron chi connectivity index (χ4n) is 1.05. The van der Waals surface area contributed by atoms with Crippen LogP contribution in [0.1, 0.15) is 30.8 Å². The largest absolute Gasteiger partial charge is 0.454 e. The number of ketones is 1. The van der Waals surface area contributed by atoms with Crippen molar-refractivity contribution in [2.75, 3.05) is 0 Å². The van der Waals surface area contributed by atoms with Crippen LogP contribution in [-0.2, 0) is 9.53 Å². The van der Waals surface area contributed by atoms with Crippen molar-refractivity contribution in [2.24, 2.45) is 0 Å². The molecular weight excluding hydrogens is 194 g/mol. The van der Waals surface area contributed by atoms with Gasteiger partial charge in [0.15, 0.2) is 6.10 Å². The molecule has 4 heteroatoms. The van der Waals surface area contributed by atoms with Gasteiger partial charge >= 0.3 is 5.97 Å². The van der Waals surface area contributed by atoms with Crippen molar-refractivity contribution in [3.05, 3.63) is 30.1 Å². The number of hydrogen-bond donors (Lipinski definition) is 0. The summed E-state index contributed by atoms with van der Waals surface area (Å²) in [5, 5.41) is 0. The third kappa shape index (κ3) is 3.16. The summed E-state index contributed by atoms with van der Waals surface area (Å²) in [4.78, 5) is 26.5. The van der Waals surface area contributed by atoms with Crippen LogP contribution in [0.4, 0.5) is 0 Å². The highest BCUT2D eigenvalue weighted by Gasteiger charge is 2.19. The molecule has 1 heterocycles. The number of esters is 1. The first-order chi connectivity index (χ1) is 7.15. The summed E-state index contributed by atoms with van der Waals surface area (Å²) in [5.74, 6) is -0.663. The minimum Gasteiger partial charge on any atom is -0.454 e. The van der Waals surface area contributed by atoms with Crippen LogP contribution in [0.25, 0.3) is 0 Å². The Labute approximate surface area is 88.3 Å². The highest BCUT2D eigenvalue weighted by Crippen LogP contribution is 2.04. The van der Waals surface area contributed by atoms with E-state index >= 15 is 0 Å². The van der Waals surface area contributed by atoms with E-state index in [0.717, 1.165) is 0 Å². The van der Waals surface area contributed by atoms with Crippen molar-refractivity contribution in [1.29, 1.82) is 0 Å². The lowest BCUT2D eigenvalue weighted by atomic mass is 10.2. The second kappa shape index (κ2) is 5.24. The minimum absolute atomic E-state index is 0.264. The maximum absolute atomic E-state index is 11.7. The van der Waals surface area contributed by atoms with Gasteiger partial charge in [-0.25, -0.2) is 0 Å². The molecule has 0 aliphatic heterocycles. The van der Waals surface area contributed by atoms with Crippen LogP contribution < -0.4 is 0 Å². The molecule has 4 nitrogen and oxygen atoms in total. The van der Waals surface area contributed by atoms with Gasteiger partial charge in [0, 0.05) is 12.6 Å². The van der Waals surface area contributed by atoms with Crippen LogP contribution in [0.3, 0.4) is 0 Å². The molecule has 0 spiro atoms. The second-order valence-corrected chi connectivity index (χ2v) is 3.06. The zero-order valence-electron chi connectivity index (χ0n) is 8.77. The van der Waals surface area contributed by atoms with Crippen molar-refractivity contribution in [3.63, 3.8) is 0 Å². The standard InChI is InChI=1S/C11H13NO3/c1-3-10(13)15-8(2)11(14)9-6-4-5-7-12-9/h4-8H,3H2,1-2H3.